The van der Waals surface area contributed by atoms with E-state index in [2.05, 4.69) is 20.8 Å². The van der Waals surface area contributed by atoms with Crippen LogP contribution in [0.25, 0.3) is 0 Å². The summed E-state index contributed by atoms with van der Waals surface area (Å²) in [7, 11) is 1.73. The summed E-state index contributed by atoms with van der Waals surface area (Å²) >= 11 is 0. The molecule has 0 unspecified atom stereocenters. The molecule has 1 saturated heterocycles. The molecule has 1 rings (SSSR count). The fourth-order valence-electron chi connectivity index (χ4n) is 1.72. The Morgan fingerprint density at radius 1 is 1.13 bits per heavy atom. The van der Waals surface area contributed by atoms with Crippen molar-refractivity contribution in [3.63, 3.8) is 0 Å². The van der Waals surface area contributed by atoms with Gasteiger partial charge in [0.25, 0.3) is 0 Å². The lowest BCUT2D eigenvalue weighted by Gasteiger charge is -2.50. The lowest BCUT2D eigenvalue weighted by Crippen LogP contribution is -2.55. The summed E-state index contributed by atoms with van der Waals surface area (Å²) in [5.41, 5.74) is 0.0663. The van der Waals surface area contributed by atoms with Gasteiger partial charge in [0, 0.05) is 12.5 Å². The number of ether oxygens (including phenoxy) is 3. The zero-order chi connectivity index (χ0) is 11.7. The predicted octanol–water partition coefficient (Wildman–Crippen LogP) is 2.45. The van der Waals surface area contributed by atoms with Crippen LogP contribution in [0.1, 0.15) is 34.6 Å². The molecule has 1 fully saturated rings. The molecule has 0 atom stereocenters. The van der Waals surface area contributed by atoms with Gasteiger partial charge in [0.05, 0.1) is 19.8 Å². The molecule has 0 amide bonds. The predicted molar refractivity (Wildman–Crippen MR) is 59.7 cm³/mol. The molecule has 3 nitrogen and oxygen atoms in total. The molecule has 0 bridgehead atoms. The highest BCUT2D eigenvalue weighted by Crippen LogP contribution is 2.43. The van der Waals surface area contributed by atoms with Crippen LogP contribution in [0.5, 0.6) is 0 Å². The van der Waals surface area contributed by atoms with Crippen LogP contribution in [-0.4, -0.2) is 32.7 Å². The first-order valence-electron chi connectivity index (χ1n) is 5.49. The van der Waals surface area contributed by atoms with Gasteiger partial charge in [-0.25, -0.2) is 0 Å². The number of methoxy groups -OCH3 is 1. The Labute approximate surface area is 93.1 Å². The maximum Gasteiger partial charge on any atom is 0.162 e. The molecular weight excluding hydrogens is 192 g/mol. The molecule has 1 aliphatic rings. The van der Waals surface area contributed by atoms with Gasteiger partial charge in [0.1, 0.15) is 0 Å². The summed E-state index contributed by atoms with van der Waals surface area (Å²) < 4.78 is 16.8. The average molecular weight is 216 g/mol. The molecule has 1 heterocycles. The highest BCUT2D eigenvalue weighted by Gasteiger charge is 2.47. The minimum atomic E-state index is -0.456. The Kier molecular flexibility index (Phi) is 3.49. The molecule has 0 saturated carbocycles. The van der Waals surface area contributed by atoms with Gasteiger partial charge in [-0.1, -0.05) is 20.8 Å². The highest BCUT2D eigenvalue weighted by molar-refractivity contribution is 4.93. The summed E-state index contributed by atoms with van der Waals surface area (Å²) in [6, 6.07) is 0. The number of rotatable bonds is 2. The van der Waals surface area contributed by atoms with Crippen LogP contribution in [0.15, 0.2) is 0 Å². The van der Waals surface area contributed by atoms with Crippen LogP contribution in [0, 0.1) is 10.8 Å². The molecule has 3 heteroatoms. The van der Waals surface area contributed by atoms with E-state index < -0.39 is 5.79 Å². The summed E-state index contributed by atoms with van der Waals surface area (Å²) in [5.74, 6) is -0.456. The van der Waals surface area contributed by atoms with Crippen molar-refractivity contribution in [2.45, 2.75) is 40.4 Å². The van der Waals surface area contributed by atoms with E-state index in [1.807, 2.05) is 13.8 Å². The van der Waals surface area contributed by atoms with Crippen molar-refractivity contribution in [1.82, 2.24) is 0 Å². The van der Waals surface area contributed by atoms with E-state index in [0.717, 1.165) is 0 Å². The third-order valence-corrected chi connectivity index (χ3v) is 3.40. The molecule has 0 aliphatic carbocycles. The third-order valence-electron chi connectivity index (χ3n) is 3.40. The lowest BCUT2D eigenvalue weighted by molar-refractivity contribution is -0.308. The van der Waals surface area contributed by atoms with Crippen LogP contribution in [0.2, 0.25) is 0 Å². The molecule has 0 radical (unpaired) electrons. The van der Waals surface area contributed by atoms with Gasteiger partial charge in [-0.05, 0) is 19.3 Å². The van der Waals surface area contributed by atoms with Crippen LogP contribution in [0.4, 0.5) is 0 Å². The van der Waals surface area contributed by atoms with Gasteiger partial charge in [0.15, 0.2) is 5.79 Å². The molecule has 0 spiro atoms. The third kappa shape index (κ3) is 2.71. The highest BCUT2D eigenvalue weighted by atomic mass is 16.7. The molecular formula is C12H24O3. The first kappa shape index (κ1) is 12.9. The minimum Gasteiger partial charge on any atom is -0.384 e. The van der Waals surface area contributed by atoms with Gasteiger partial charge in [0.2, 0.25) is 0 Å². The largest absolute Gasteiger partial charge is 0.384 e. The maximum atomic E-state index is 5.76. The van der Waals surface area contributed by atoms with Crippen molar-refractivity contribution in [2.24, 2.45) is 10.8 Å². The van der Waals surface area contributed by atoms with Crippen LogP contribution >= 0.6 is 0 Å². The van der Waals surface area contributed by atoms with E-state index in [1.54, 1.807) is 7.11 Å². The van der Waals surface area contributed by atoms with Gasteiger partial charge >= 0.3 is 0 Å². The Morgan fingerprint density at radius 3 is 1.93 bits per heavy atom. The Balaban J connectivity index is 2.78. The first-order chi connectivity index (χ1) is 6.72. The van der Waals surface area contributed by atoms with E-state index >= 15 is 0 Å². The SMILES string of the molecule is COCC1(C(C)(C)C)COC(C)(C)OC1. The fourth-order valence-corrected chi connectivity index (χ4v) is 1.72. The van der Waals surface area contributed by atoms with E-state index in [-0.39, 0.29) is 10.8 Å². The first-order valence-corrected chi connectivity index (χ1v) is 5.49. The molecule has 90 valence electrons. The topological polar surface area (TPSA) is 27.7 Å². The van der Waals surface area contributed by atoms with Crippen LogP contribution < -0.4 is 0 Å². The minimum absolute atomic E-state index is 0.0444. The second kappa shape index (κ2) is 4.04. The molecule has 0 aromatic heterocycles. The summed E-state index contributed by atoms with van der Waals surface area (Å²) in [5, 5.41) is 0. The maximum absolute atomic E-state index is 5.76. The second-order valence-electron chi connectivity index (χ2n) is 5.94. The van der Waals surface area contributed by atoms with E-state index in [0.29, 0.717) is 19.8 Å². The molecule has 1 aliphatic heterocycles. The molecule has 0 N–H and O–H groups in total. The van der Waals surface area contributed by atoms with Crippen molar-refractivity contribution in [3.05, 3.63) is 0 Å². The van der Waals surface area contributed by atoms with Gasteiger partial charge in [-0.3, -0.25) is 0 Å². The standard InChI is InChI=1S/C12H24O3/c1-10(2,3)12(7-13-6)8-14-11(4,5)15-9-12/h7-9H2,1-6H3. The smallest absolute Gasteiger partial charge is 0.162 e. The van der Waals surface area contributed by atoms with E-state index in [9.17, 15) is 0 Å². The monoisotopic (exact) mass is 216 g/mol. The Hall–Kier alpha value is -0.120. The quantitative estimate of drug-likeness (QED) is 0.709. The van der Waals surface area contributed by atoms with Crippen molar-refractivity contribution >= 4 is 0 Å². The van der Waals surface area contributed by atoms with Gasteiger partial charge in [-0.2, -0.15) is 0 Å². The van der Waals surface area contributed by atoms with Crippen molar-refractivity contribution in [1.29, 1.82) is 0 Å². The van der Waals surface area contributed by atoms with Crippen LogP contribution in [-0.2, 0) is 14.2 Å². The van der Waals surface area contributed by atoms with E-state index in [4.69, 9.17) is 14.2 Å². The summed E-state index contributed by atoms with van der Waals surface area (Å²) in [6.45, 7) is 12.6. The summed E-state index contributed by atoms with van der Waals surface area (Å²) in [6.07, 6.45) is 0. The van der Waals surface area contributed by atoms with Crippen molar-refractivity contribution in [3.8, 4) is 0 Å². The molecule has 0 aromatic carbocycles. The van der Waals surface area contributed by atoms with Crippen molar-refractivity contribution in [2.75, 3.05) is 26.9 Å². The van der Waals surface area contributed by atoms with Crippen molar-refractivity contribution < 1.29 is 14.2 Å². The average Bonchev–Trinajstić information content (AvgIpc) is 2.07. The lowest BCUT2D eigenvalue weighted by atomic mass is 9.67. The summed E-state index contributed by atoms with van der Waals surface area (Å²) in [4.78, 5) is 0. The fraction of sp³-hybridized carbons (Fsp3) is 1.00. The molecule has 0 aromatic rings. The van der Waals surface area contributed by atoms with E-state index in [1.165, 1.54) is 0 Å². The Bertz CT molecular complexity index is 205. The normalized spacial score (nSPS) is 25.2. The zero-order valence-electron chi connectivity index (χ0n) is 10.8. The van der Waals surface area contributed by atoms with Crippen LogP contribution in [0.3, 0.4) is 0 Å². The zero-order valence-corrected chi connectivity index (χ0v) is 10.8. The van der Waals surface area contributed by atoms with Gasteiger partial charge in [-0.15, -0.1) is 0 Å². The number of hydrogen-bond acceptors (Lipinski definition) is 3. The second-order valence-corrected chi connectivity index (χ2v) is 5.94. The van der Waals surface area contributed by atoms with Gasteiger partial charge < -0.3 is 14.2 Å². The molecule has 15 heavy (non-hydrogen) atoms. The Morgan fingerprint density at radius 2 is 1.60 bits per heavy atom. The number of hydrogen-bond donors (Lipinski definition) is 0.